The normalized spacial score (nSPS) is 11.0. The molecule has 2 heterocycles. The first-order chi connectivity index (χ1) is 14.7. The number of hydrogen-bond acceptors (Lipinski definition) is 3. The van der Waals surface area contributed by atoms with Crippen LogP contribution in [-0.2, 0) is 0 Å². The fraction of sp³-hybridized carbons (Fsp3) is 0.0370. The Morgan fingerprint density at radius 1 is 0.667 bits per heavy atom. The molecular formula is C27H19NO2. The van der Waals surface area contributed by atoms with E-state index in [-0.39, 0.29) is 5.63 Å². The molecule has 0 fully saturated rings. The number of benzene rings is 3. The molecule has 0 atom stereocenters. The van der Waals surface area contributed by atoms with Crippen molar-refractivity contribution in [2.45, 2.75) is 6.92 Å². The first-order valence-corrected chi connectivity index (χ1v) is 9.85. The van der Waals surface area contributed by atoms with Gasteiger partial charge in [-0.2, -0.15) is 0 Å². The second-order valence-corrected chi connectivity index (χ2v) is 7.34. The third kappa shape index (κ3) is 3.42. The minimum atomic E-state index is -0.388. The molecule has 0 saturated carbocycles. The molecule has 2 aromatic heterocycles. The van der Waals surface area contributed by atoms with E-state index in [1.165, 1.54) is 5.56 Å². The average Bonchev–Trinajstić information content (AvgIpc) is 2.79. The van der Waals surface area contributed by atoms with Gasteiger partial charge in [-0.1, -0.05) is 78.4 Å². The molecule has 0 aliphatic rings. The van der Waals surface area contributed by atoms with Crippen LogP contribution in [-0.4, -0.2) is 4.98 Å². The molecule has 30 heavy (non-hydrogen) atoms. The maximum Gasteiger partial charge on any atom is 0.345 e. The topological polar surface area (TPSA) is 43.1 Å². The molecule has 0 radical (unpaired) electrons. The molecule has 0 N–H and O–H groups in total. The number of fused-ring (bicyclic) bond motifs is 1. The van der Waals surface area contributed by atoms with Crippen molar-refractivity contribution in [1.82, 2.24) is 4.98 Å². The Hall–Kier alpha value is -3.98. The van der Waals surface area contributed by atoms with Gasteiger partial charge in [0.05, 0.1) is 17.0 Å². The summed E-state index contributed by atoms with van der Waals surface area (Å²) in [6.07, 6.45) is 0. The van der Waals surface area contributed by atoms with Gasteiger partial charge in [-0.15, -0.1) is 0 Å². The highest BCUT2D eigenvalue weighted by molar-refractivity contribution is 5.83. The molecule has 144 valence electrons. The Kier molecular flexibility index (Phi) is 4.49. The minimum Gasteiger partial charge on any atom is -0.422 e. The van der Waals surface area contributed by atoms with E-state index in [1.54, 1.807) is 6.07 Å². The van der Waals surface area contributed by atoms with Crippen molar-refractivity contribution in [3.05, 3.63) is 113 Å². The molecular weight excluding hydrogens is 370 g/mol. The SMILES string of the molecule is Cc1ccc(-c2cc(-c3ccccc3)nc(-c3cc4ccccc4oc3=O)c2)cc1. The van der Waals surface area contributed by atoms with Crippen LogP contribution in [0.25, 0.3) is 44.6 Å². The zero-order chi connectivity index (χ0) is 20.5. The van der Waals surface area contributed by atoms with Crippen molar-refractivity contribution >= 4 is 11.0 Å². The van der Waals surface area contributed by atoms with Gasteiger partial charge in [-0.05, 0) is 42.3 Å². The van der Waals surface area contributed by atoms with Crippen LogP contribution in [0.15, 0.2) is 106 Å². The minimum absolute atomic E-state index is 0.388. The van der Waals surface area contributed by atoms with Crippen molar-refractivity contribution in [2.24, 2.45) is 0 Å². The first-order valence-electron chi connectivity index (χ1n) is 9.85. The Labute approximate surface area is 174 Å². The van der Waals surface area contributed by atoms with Crippen LogP contribution >= 0.6 is 0 Å². The van der Waals surface area contributed by atoms with Crippen LogP contribution in [0.2, 0.25) is 0 Å². The summed E-state index contributed by atoms with van der Waals surface area (Å²) in [4.78, 5) is 17.6. The lowest BCUT2D eigenvalue weighted by atomic mass is 9.99. The standard InChI is InChI=1S/C27H19NO2/c1-18-11-13-19(14-12-18)22-16-24(20-7-3-2-4-8-20)28-25(17-22)23-15-21-9-5-6-10-26(21)30-27(23)29/h2-17H,1H3. The maximum atomic E-state index is 12.8. The first kappa shape index (κ1) is 18.1. The molecule has 5 aromatic rings. The summed E-state index contributed by atoms with van der Waals surface area (Å²) in [6, 6.07) is 31.7. The van der Waals surface area contributed by atoms with Crippen molar-refractivity contribution < 1.29 is 4.42 Å². The van der Waals surface area contributed by atoms with Crippen molar-refractivity contribution in [3.63, 3.8) is 0 Å². The van der Waals surface area contributed by atoms with Gasteiger partial charge in [0.2, 0.25) is 0 Å². The van der Waals surface area contributed by atoms with Gasteiger partial charge >= 0.3 is 5.63 Å². The zero-order valence-corrected chi connectivity index (χ0v) is 16.5. The van der Waals surface area contributed by atoms with Crippen LogP contribution in [0.5, 0.6) is 0 Å². The highest BCUT2D eigenvalue weighted by Gasteiger charge is 2.13. The number of aryl methyl sites for hydroxylation is 1. The highest BCUT2D eigenvalue weighted by Crippen LogP contribution is 2.30. The van der Waals surface area contributed by atoms with Gasteiger partial charge in [0.1, 0.15) is 5.58 Å². The zero-order valence-electron chi connectivity index (χ0n) is 16.5. The fourth-order valence-corrected chi connectivity index (χ4v) is 3.58. The third-order valence-electron chi connectivity index (χ3n) is 5.20. The molecule has 0 saturated heterocycles. The molecule has 0 spiro atoms. The van der Waals surface area contributed by atoms with Crippen LogP contribution < -0.4 is 5.63 Å². The molecule has 0 unspecified atom stereocenters. The quantitative estimate of drug-likeness (QED) is 0.331. The molecule has 3 nitrogen and oxygen atoms in total. The summed E-state index contributed by atoms with van der Waals surface area (Å²) in [7, 11) is 0. The van der Waals surface area contributed by atoms with Crippen LogP contribution in [0.3, 0.4) is 0 Å². The lowest BCUT2D eigenvalue weighted by molar-refractivity contribution is 0.563. The highest BCUT2D eigenvalue weighted by atomic mass is 16.4. The number of pyridine rings is 1. The number of aromatic nitrogens is 1. The predicted octanol–water partition coefficient (Wildman–Crippen LogP) is 6.50. The second kappa shape index (κ2) is 7.45. The molecule has 3 aromatic carbocycles. The summed E-state index contributed by atoms with van der Waals surface area (Å²) in [5.74, 6) is 0. The van der Waals surface area contributed by atoms with E-state index in [2.05, 4.69) is 37.3 Å². The van der Waals surface area contributed by atoms with E-state index in [0.717, 1.165) is 27.8 Å². The van der Waals surface area contributed by atoms with Gasteiger partial charge in [-0.25, -0.2) is 9.78 Å². The fourth-order valence-electron chi connectivity index (χ4n) is 3.58. The van der Waals surface area contributed by atoms with E-state index in [1.807, 2.05) is 60.7 Å². The monoisotopic (exact) mass is 389 g/mol. The molecule has 0 amide bonds. The third-order valence-corrected chi connectivity index (χ3v) is 5.20. The second-order valence-electron chi connectivity index (χ2n) is 7.34. The molecule has 5 rings (SSSR count). The van der Waals surface area contributed by atoms with Gasteiger partial charge in [-0.3, -0.25) is 0 Å². The van der Waals surface area contributed by atoms with Crippen molar-refractivity contribution in [2.75, 3.05) is 0 Å². The van der Waals surface area contributed by atoms with Crippen LogP contribution in [0.4, 0.5) is 0 Å². The van der Waals surface area contributed by atoms with Gasteiger partial charge in [0.15, 0.2) is 0 Å². The van der Waals surface area contributed by atoms with E-state index in [0.29, 0.717) is 16.8 Å². The Bertz CT molecular complexity index is 1400. The number of para-hydroxylation sites is 1. The summed E-state index contributed by atoms with van der Waals surface area (Å²) < 4.78 is 5.56. The van der Waals surface area contributed by atoms with E-state index in [9.17, 15) is 4.79 Å². The Morgan fingerprint density at radius 3 is 2.17 bits per heavy atom. The lowest BCUT2D eigenvalue weighted by Crippen LogP contribution is -2.04. The number of nitrogens with zero attached hydrogens (tertiary/aromatic N) is 1. The summed E-state index contributed by atoms with van der Waals surface area (Å²) in [5, 5.41) is 0.871. The van der Waals surface area contributed by atoms with Crippen LogP contribution in [0, 0.1) is 6.92 Å². The summed E-state index contributed by atoms with van der Waals surface area (Å²) >= 11 is 0. The van der Waals surface area contributed by atoms with Crippen molar-refractivity contribution in [3.8, 4) is 33.6 Å². The van der Waals surface area contributed by atoms with E-state index >= 15 is 0 Å². The Morgan fingerprint density at radius 2 is 1.37 bits per heavy atom. The number of rotatable bonds is 3. The molecule has 3 heteroatoms. The smallest absolute Gasteiger partial charge is 0.345 e. The van der Waals surface area contributed by atoms with Gasteiger partial charge in [0, 0.05) is 10.9 Å². The predicted molar refractivity (Wildman–Crippen MR) is 121 cm³/mol. The largest absolute Gasteiger partial charge is 0.422 e. The average molecular weight is 389 g/mol. The molecule has 0 bridgehead atoms. The Balaban J connectivity index is 1.75. The molecule has 0 aliphatic carbocycles. The number of hydrogen-bond donors (Lipinski definition) is 0. The van der Waals surface area contributed by atoms with E-state index in [4.69, 9.17) is 9.40 Å². The van der Waals surface area contributed by atoms with Gasteiger partial charge in [0.25, 0.3) is 0 Å². The molecule has 0 aliphatic heterocycles. The lowest BCUT2D eigenvalue weighted by Gasteiger charge is -2.10. The van der Waals surface area contributed by atoms with E-state index < -0.39 is 0 Å². The summed E-state index contributed by atoms with van der Waals surface area (Å²) in [5.41, 5.74) is 6.34. The summed E-state index contributed by atoms with van der Waals surface area (Å²) in [6.45, 7) is 2.07. The van der Waals surface area contributed by atoms with Crippen molar-refractivity contribution in [1.29, 1.82) is 0 Å². The van der Waals surface area contributed by atoms with Gasteiger partial charge < -0.3 is 4.42 Å². The van der Waals surface area contributed by atoms with Crippen LogP contribution in [0.1, 0.15) is 5.56 Å². The maximum absolute atomic E-state index is 12.8.